The van der Waals surface area contributed by atoms with Gasteiger partial charge in [-0.05, 0) is 24.3 Å². The second-order valence-corrected chi connectivity index (χ2v) is 3.20. The standard InChI is InChI=1S/C8H9NO.C5H6N2.C2H6/c1-9-8(10)7-5-3-2-4-6-7;6-5-3-1-2-4-7-5;1-2/h2-6H,1H3,(H,9,10);1-4H,(H2,6,7);1-2H3. The van der Waals surface area contributed by atoms with Crippen LogP contribution in [0.1, 0.15) is 24.2 Å². The highest BCUT2D eigenvalue weighted by atomic mass is 16.1. The Labute approximate surface area is 114 Å². The van der Waals surface area contributed by atoms with Crippen molar-refractivity contribution in [3.05, 3.63) is 60.3 Å². The summed E-state index contributed by atoms with van der Waals surface area (Å²) in [4.78, 5) is 14.7. The van der Waals surface area contributed by atoms with Gasteiger partial charge in [-0.1, -0.05) is 38.1 Å². The maximum Gasteiger partial charge on any atom is 0.251 e. The molecule has 0 radical (unpaired) electrons. The molecular formula is C15H21N3O. The van der Waals surface area contributed by atoms with Crippen molar-refractivity contribution in [2.24, 2.45) is 0 Å². The Morgan fingerprint density at radius 1 is 1.05 bits per heavy atom. The van der Waals surface area contributed by atoms with Crippen LogP contribution in [0.3, 0.4) is 0 Å². The maximum absolute atomic E-state index is 10.9. The molecule has 1 heterocycles. The Morgan fingerprint density at radius 2 is 1.63 bits per heavy atom. The minimum Gasteiger partial charge on any atom is -0.384 e. The van der Waals surface area contributed by atoms with E-state index in [0.29, 0.717) is 11.4 Å². The summed E-state index contributed by atoms with van der Waals surface area (Å²) < 4.78 is 0. The van der Waals surface area contributed by atoms with Crippen molar-refractivity contribution in [3.8, 4) is 0 Å². The highest BCUT2D eigenvalue weighted by Crippen LogP contribution is 1.96. The van der Waals surface area contributed by atoms with Crippen LogP contribution < -0.4 is 11.1 Å². The van der Waals surface area contributed by atoms with Gasteiger partial charge in [-0.2, -0.15) is 0 Å². The predicted molar refractivity (Wildman–Crippen MR) is 79.8 cm³/mol. The summed E-state index contributed by atoms with van der Waals surface area (Å²) >= 11 is 0. The molecule has 0 aliphatic rings. The number of nitrogen functional groups attached to an aromatic ring is 1. The zero-order chi connectivity index (χ0) is 14.5. The summed E-state index contributed by atoms with van der Waals surface area (Å²) in [5, 5.41) is 2.54. The number of rotatable bonds is 1. The van der Waals surface area contributed by atoms with Crippen LogP contribution in [0.2, 0.25) is 0 Å². The van der Waals surface area contributed by atoms with Crippen molar-refractivity contribution in [1.29, 1.82) is 0 Å². The number of hydrogen-bond donors (Lipinski definition) is 2. The lowest BCUT2D eigenvalue weighted by Crippen LogP contribution is -2.17. The molecule has 102 valence electrons. The van der Waals surface area contributed by atoms with E-state index in [1.165, 1.54) is 0 Å². The number of nitrogens with two attached hydrogens (primary N) is 1. The van der Waals surface area contributed by atoms with Gasteiger partial charge in [0.25, 0.3) is 5.91 Å². The van der Waals surface area contributed by atoms with E-state index in [-0.39, 0.29) is 5.91 Å². The Morgan fingerprint density at radius 3 is 2.00 bits per heavy atom. The number of anilines is 1. The second kappa shape index (κ2) is 10.8. The minimum absolute atomic E-state index is 0.0411. The monoisotopic (exact) mass is 259 g/mol. The highest BCUT2D eigenvalue weighted by Gasteiger charge is 1.97. The lowest BCUT2D eigenvalue weighted by molar-refractivity contribution is 0.0963. The molecular weight excluding hydrogens is 238 g/mol. The lowest BCUT2D eigenvalue weighted by Gasteiger charge is -1.96. The van der Waals surface area contributed by atoms with Crippen LogP contribution in [0.4, 0.5) is 5.82 Å². The number of nitrogens with one attached hydrogen (secondary N) is 1. The van der Waals surface area contributed by atoms with Crippen molar-refractivity contribution in [2.45, 2.75) is 13.8 Å². The van der Waals surface area contributed by atoms with Gasteiger partial charge in [-0.25, -0.2) is 4.98 Å². The summed E-state index contributed by atoms with van der Waals surface area (Å²) in [6.45, 7) is 4.00. The lowest BCUT2D eigenvalue weighted by atomic mass is 10.2. The number of nitrogens with zero attached hydrogens (tertiary/aromatic N) is 1. The number of amides is 1. The molecule has 2 aromatic rings. The van der Waals surface area contributed by atoms with Crippen LogP contribution in [-0.2, 0) is 0 Å². The fourth-order valence-electron chi connectivity index (χ4n) is 1.11. The highest BCUT2D eigenvalue weighted by molar-refractivity contribution is 5.93. The fraction of sp³-hybridized carbons (Fsp3) is 0.200. The molecule has 0 bridgehead atoms. The predicted octanol–water partition coefficient (Wildman–Crippen LogP) is 2.74. The number of benzene rings is 1. The third-order valence-electron chi connectivity index (χ3n) is 1.95. The summed E-state index contributed by atoms with van der Waals surface area (Å²) in [6, 6.07) is 14.5. The summed E-state index contributed by atoms with van der Waals surface area (Å²) in [5.41, 5.74) is 5.95. The first-order valence-corrected chi connectivity index (χ1v) is 6.17. The van der Waals surface area contributed by atoms with Gasteiger partial charge in [-0.15, -0.1) is 0 Å². The molecule has 4 heteroatoms. The first kappa shape index (κ1) is 16.6. The van der Waals surface area contributed by atoms with E-state index >= 15 is 0 Å². The maximum atomic E-state index is 10.9. The quantitative estimate of drug-likeness (QED) is 0.827. The van der Waals surface area contributed by atoms with Gasteiger partial charge in [0.05, 0.1) is 0 Å². The molecule has 2 rings (SSSR count). The van der Waals surface area contributed by atoms with Crippen molar-refractivity contribution in [3.63, 3.8) is 0 Å². The van der Waals surface area contributed by atoms with Gasteiger partial charge in [0.1, 0.15) is 5.82 Å². The number of carbonyl (C=O) groups is 1. The average molecular weight is 259 g/mol. The molecule has 0 aliphatic heterocycles. The Kier molecular flexibility index (Phi) is 9.43. The molecule has 3 N–H and O–H groups in total. The Bertz CT molecular complexity index is 443. The molecule has 0 fully saturated rings. The molecule has 0 spiro atoms. The van der Waals surface area contributed by atoms with Gasteiger partial charge in [0.15, 0.2) is 0 Å². The van der Waals surface area contributed by atoms with Gasteiger partial charge in [0.2, 0.25) is 0 Å². The number of aromatic nitrogens is 1. The molecule has 19 heavy (non-hydrogen) atoms. The summed E-state index contributed by atoms with van der Waals surface area (Å²) in [5.74, 6) is 0.531. The van der Waals surface area contributed by atoms with Crippen LogP contribution in [0, 0.1) is 0 Å². The largest absolute Gasteiger partial charge is 0.384 e. The number of pyridine rings is 1. The van der Waals surface area contributed by atoms with Gasteiger partial charge < -0.3 is 11.1 Å². The van der Waals surface area contributed by atoms with E-state index in [0.717, 1.165) is 0 Å². The molecule has 1 aromatic heterocycles. The molecule has 0 saturated heterocycles. The van der Waals surface area contributed by atoms with E-state index in [9.17, 15) is 4.79 Å². The Hall–Kier alpha value is -2.36. The molecule has 1 aromatic carbocycles. The fourth-order valence-corrected chi connectivity index (χ4v) is 1.11. The molecule has 4 nitrogen and oxygen atoms in total. The van der Waals surface area contributed by atoms with Crippen molar-refractivity contribution < 1.29 is 4.79 Å². The van der Waals surface area contributed by atoms with Gasteiger partial charge in [-0.3, -0.25) is 4.79 Å². The molecule has 0 aliphatic carbocycles. The minimum atomic E-state index is -0.0411. The van der Waals surface area contributed by atoms with E-state index in [2.05, 4.69) is 10.3 Å². The van der Waals surface area contributed by atoms with Gasteiger partial charge >= 0.3 is 0 Å². The smallest absolute Gasteiger partial charge is 0.251 e. The summed E-state index contributed by atoms with van der Waals surface area (Å²) in [6.07, 6.45) is 1.66. The number of hydrogen-bond acceptors (Lipinski definition) is 3. The molecule has 0 saturated carbocycles. The SMILES string of the molecule is CC.CNC(=O)c1ccccc1.Nc1ccccn1. The third-order valence-corrected chi connectivity index (χ3v) is 1.95. The van der Waals surface area contributed by atoms with E-state index in [4.69, 9.17) is 5.73 Å². The van der Waals surface area contributed by atoms with Crippen LogP contribution >= 0.6 is 0 Å². The normalized spacial score (nSPS) is 8.16. The zero-order valence-electron chi connectivity index (χ0n) is 11.6. The topological polar surface area (TPSA) is 68.0 Å². The first-order chi connectivity index (χ1) is 9.24. The molecule has 0 atom stereocenters. The second-order valence-electron chi connectivity index (χ2n) is 3.20. The average Bonchev–Trinajstić information content (AvgIpc) is 2.51. The van der Waals surface area contributed by atoms with Crippen LogP contribution in [0.5, 0.6) is 0 Å². The first-order valence-electron chi connectivity index (χ1n) is 6.17. The van der Waals surface area contributed by atoms with Crippen molar-refractivity contribution in [2.75, 3.05) is 12.8 Å². The van der Waals surface area contributed by atoms with Gasteiger partial charge in [0, 0.05) is 18.8 Å². The zero-order valence-corrected chi connectivity index (χ0v) is 11.6. The van der Waals surface area contributed by atoms with Crippen molar-refractivity contribution >= 4 is 11.7 Å². The Balaban J connectivity index is 0.000000316. The third kappa shape index (κ3) is 7.54. The van der Waals surface area contributed by atoms with E-state index < -0.39 is 0 Å². The summed E-state index contributed by atoms with van der Waals surface area (Å²) in [7, 11) is 1.62. The number of carbonyl (C=O) groups excluding carboxylic acids is 1. The van der Waals surface area contributed by atoms with Crippen LogP contribution in [0.15, 0.2) is 54.7 Å². The van der Waals surface area contributed by atoms with Crippen LogP contribution in [-0.4, -0.2) is 17.9 Å². The molecule has 0 unspecified atom stereocenters. The van der Waals surface area contributed by atoms with E-state index in [1.54, 1.807) is 31.4 Å². The molecule has 1 amide bonds. The van der Waals surface area contributed by atoms with E-state index in [1.807, 2.05) is 44.2 Å². The van der Waals surface area contributed by atoms with Crippen molar-refractivity contribution in [1.82, 2.24) is 10.3 Å². The van der Waals surface area contributed by atoms with Crippen LogP contribution in [0.25, 0.3) is 0 Å².